The Bertz CT molecular complexity index is 812. The molecule has 6 heteroatoms. The number of carbonyl (C=O) groups excluding carboxylic acids is 2. The van der Waals surface area contributed by atoms with Gasteiger partial charge in [-0.15, -0.1) is 0 Å². The van der Waals surface area contributed by atoms with Gasteiger partial charge in [0.25, 0.3) is 0 Å². The van der Waals surface area contributed by atoms with E-state index >= 15 is 0 Å². The first-order chi connectivity index (χ1) is 12.2. The summed E-state index contributed by atoms with van der Waals surface area (Å²) in [5.41, 5.74) is 2.92. The van der Waals surface area contributed by atoms with Gasteiger partial charge in [0.05, 0.1) is 5.69 Å². The Hall–Kier alpha value is -2.63. The lowest BCUT2D eigenvalue weighted by atomic mass is 10.0. The van der Waals surface area contributed by atoms with Crippen molar-refractivity contribution in [3.8, 4) is 11.4 Å². The van der Waals surface area contributed by atoms with Crippen LogP contribution in [-0.4, -0.2) is 27.4 Å². The predicted molar refractivity (Wildman–Crippen MR) is 95.0 cm³/mol. The molecule has 3 heterocycles. The maximum absolute atomic E-state index is 12.6. The highest BCUT2D eigenvalue weighted by atomic mass is 16.2. The molecule has 1 atom stereocenters. The second-order valence-corrected chi connectivity index (χ2v) is 6.73. The lowest BCUT2D eigenvalue weighted by Crippen LogP contribution is -2.46. The summed E-state index contributed by atoms with van der Waals surface area (Å²) >= 11 is 0. The van der Waals surface area contributed by atoms with Crippen LogP contribution < -0.4 is 10.6 Å². The molecule has 0 aliphatic carbocycles. The minimum Gasteiger partial charge on any atom is -0.344 e. The molecule has 25 heavy (non-hydrogen) atoms. The van der Waals surface area contributed by atoms with E-state index in [0.29, 0.717) is 12.8 Å². The second kappa shape index (κ2) is 6.70. The Morgan fingerprint density at radius 2 is 2.08 bits per heavy atom. The van der Waals surface area contributed by atoms with Gasteiger partial charge in [0.2, 0.25) is 11.8 Å². The molecule has 2 aliphatic rings. The summed E-state index contributed by atoms with van der Waals surface area (Å²) in [5.74, 6) is 0.686. The van der Waals surface area contributed by atoms with Crippen molar-refractivity contribution < 1.29 is 9.59 Å². The van der Waals surface area contributed by atoms with Crippen LogP contribution in [0.5, 0.6) is 0 Å². The summed E-state index contributed by atoms with van der Waals surface area (Å²) in [5, 5.41) is 5.76. The number of nitrogens with zero attached hydrogens (tertiary/aromatic N) is 2. The van der Waals surface area contributed by atoms with E-state index in [0.717, 1.165) is 42.9 Å². The zero-order chi connectivity index (χ0) is 17.2. The maximum atomic E-state index is 12.6. The van der Waals surface area contributed by atoms with Gasteiger partial charge in [0.15, 0.2) is 0 Å². The molecule has 1 aromatic carbocycles. The first kappa shape index (κ1) is 15.9. The fourth-order valence-corrected chi connectivity index (χ4v) is 3.66. The van der Waals surface area contributed by atoms with Crippen LogP contribution in [0.4, 0.5) is 5.69 Å². The standard InChI is InChI=1S/C19H22N4O2/c24-17-10-5-9-16(21-17)19(25)22-15-8-2-1-7-14(15)18-20-12-13-6-3-4-11-23(13)18/h1-2,7-8,12,16H,3-6,9-11H2,(H,21,24)(H,22,25). The topological polar surface area (TPSA) is 76.0 Å². The van der Waals surface area contributed by atoms with Gasteiger partial charge in [-0.3, -0.25) is 9.59 Å². The van der Waals surface area contributed by atoms with Crippen molar-refractivity contribution in [2.75, 3.05) is 5.32 Å². The van der Waals surface area contributed by atoms with Crippen LogP contribution in [0, 0.1) is 0 Å². The first-order valence-electron chi connectivity index (χ1n) is 8.96. The Labute approximate surface area is 146 Å². The molecule has 2 aromatic rings. The van der Waals surface area contributed by atoms with Crippen LogP contribution in [0.25, 0.3) is 11.4 Å². The summed E-state index contributed by atoms with van der Waals surface area (Å²) in [6.45, 7) is 0.964. The lowest BCUT2D eigenvalue weighted by molar-refractivity contribution is -0.128. The van der Waals surface area contributed by atoms with Crippen LogP contribution in [-0.2, 0) is 22.6 Å². The molecular formula is C19H22N4O2. The van der Waals surface area contributed by atoms with Crippen molar-refractivity contribution in [2.45, 2.75) is 51.1 Å². The molecule has 1 saturated heterocycles. The molecule has 130 valence electrons. The number of aryl methyl sites for hydroxylation is 1. The van der Waals surface area contributed by atoms with Gasteiger partial charge in [-0.1, -0.05) is 12.1 Å². The van der Waals surface area contributed by atoms with Crippen LogP contribution in [0.2, 0.25) is 0 Å². The summed E-state index contributed by atoms with van der Waals surface area (Å²) < 4.78 is 2.25. The normalized spacial score (nSPS) is 19.8. The summed E-state index contributed by atoms with van der Waals surface area (Å²) in [6.07, 6.45) is 7.27. The quantitative estimate of drug-likeness (QED) is 0.903. The number of aromatic nitrogens is 2. The number of fused-ring (bicyclic) bond motifs is 1. The number of benzene rings is 1. The maximum Gasteiger partial charge on any atom is 0.246 e. The smallest absolute Gasteiger partial charge is 0.246 e. The van der Waals surface area contributed by atoms with Crippen molar-refractivity contribution in [1.82, 2.24) is 14.9 Å². The first-order valence-corrected chi connectivity index (χ1v) is 8.96. The summed E-state index contributed by atoms with van der Waals surface area (Å²) in [6, 6.07) is 7.28. The number of hydrogen-bond acceptors (Lipinski definition) is 3. The number of nitrogens with one attached hydrogen (secondary N) is 2. The van der Waals surface area contributed by atoms with Crippen molar-refractivity contribution in [3.05, 3.63) is 36.2 Å². The van der Waals surface area contributed by atoms with Gasteiger partial charge in [0.1, 0.15) is 11.9 Å². The van der Waals surface area contributed by atoms with Gasteiger partial charge in [-0.25, -0.2) is 4.98 Å². The zero-order valence-corrected chi connectivity index (χ0v) is 14.1. The summed E-state index contributed by atoms with van der Waals surface area (Å²) in [7, 11) is 0. The number of amides is 2. The number of imidazole rings is 1. The number of hydrogen-bond donors (Lipinski definition) is 2. The SMILES string of the molecule is O=C1CCCC(C(=O)Nc2ccccc2-c2ncc3n2CCCC3)N1. The largest absolute Gasteiger partial charge is 0.344 e. The number of carbonyl (C=O) groups is 2. The van der Waals surface area contributed by atoms with Gasteiger partial charge in [-0.2, -0.15) is 0 Å². The highest BCUT2D eigenvalue weighted by Crippen LogP contribution is 2.30. The third kappa shape index (κ3) is 3.16. The minimum atomic E-state index is -0.455. The van der Waals surface area contributed by atoms with E-state index in [2.05, 4.69) is 20.2 Å². The van der Waals surface area contributed by atoms with Gasteiger partial charge < -0.3 is 15.2 Å². The van der Waals surface area contributed by atoms with E-state index in [-0.39, 0.29) is 11.8 Å². The average Bonchev–Trinajstić information content (AvgIpc) is 3.06. The Balaban J connectivity index is 1.60. The molecule has 2 N–H and O–H groups in total. The second-order valence-electron chi connectivity index (χ2n) is 6.73. The average molecular weight is 338 g/mol. The monoisotopic (exact) mass is 338 g/mol. The minimum absolute atomic E-state index is 0.0537. The van der Waals surface area contributed by atoms with E-state index in [4.69, 9.17) is 0 Å². The Morgan fingerprint density at radius 1 is 1.20 bits per heavy atom. The van der Waals surface area contributed by atoms with Crippen LogP contribution >= 0.6 is 0 Å². The fraction of sp³-hybridized carbons (Fsp3) is 0.421. The Morgan fingerprint density at radius 3 is 2.96 bits per heavy atom. The highest BCUT2D eigenvalue weighted by Gasteiger charge is 2.25. The van der Waals surface area contributed by atoms with E-state index in [1.807, 2.05) is 30.5 Å². The van der Waals surface area contributed by atoms with Crippen molar-refractivity contribution in [1.29, 1.82) is 0 Å². The third-order valence-electron chi connectivity index (χ3n) is 4.98. The molecular weight excluding hydrogens is 316 g/mol. The number of para-hydroxylation sites is 1. The van der Waals surface area contributed by atoms with Gasteiger partial charge >= 0.3 is 0 Å². The molecule has 1 unspecified atom stereocenters. The van der Waals surface area contributed by atoms with E-state index in [9.17, 15) is 9.59 Å². The molecule has 1 fully saturated rings. The molecule has 1 aromatic heterocycles. The zero-order valence-electron chi connectivity index (χ0n) is 14.1. The van der Waals surface area contributed by atoms with E-state index < -0.39 is 6.04 Å². The molecule has 6 nitrogen and oxygen atoms in total. The van der Waals surface area contributed by atoms with Gasteiger partial charge in [-0.05, 0) is 44.2 Å². The van der Waals surface area contributed by atoms with Crippen LogP contribution in [0.15, 0.2) is 30.5 Å². The summed E-state index contributed by atoms with van der Waals surface area (Å²) in [4.78, 5) is 28.7. The molecule has 0 bridgehead atoms. The molecule has 4 rings (SSSR count). The lowest BCUT2D eigenvalue weighted by Gasteiger charge is -2.23. The number of piperidine rings is 1. The highest BCUT2D eigenvalue weighted by molar-refractivity contribution is 6.00. The molecule has 2 amide bonds. The van der Waals surface area contributed by atoms with Gasteiger partial charge in [0, 0.05) is 30.4 Å². The van der Waals surface area contributed by atoms with E-state index in [1.54, 1.807) is 0 Å². The Kier molecular flexibility index (Phi) is 4.26. The predicted octanol–water partition coefficient (Wildman–Crippen LogP) is 2.49. The van der Waals surface area contributed by atoms with Crippen LogP contribution in [0.1, 0.15) is 37.8 Å². The van der Waals surface area contributed by atoms with Crippen molar-refractivity contribution in [2.24, 2.45) is 0 Å². The fourth-order valence-electron chi connectivity index (χ4n) is 3.66. The van der Waals surface area contributed by atoms with Crippen molar-refractivity contribution in [3.63, 3.8) is 0 Å². The van der Waals surface area contributed by atoms with Crippen LogP contribution in [0.3, 0.4) is 0 Å². The molecule has 0 spiro atoms. The van der Waals surface area contributed by atoms with E-state index in [1.165, 1.54) is 12.1 Å². The molecule has 0 radical (unpaired) electrons. The molecule has 0 saturated carbocycles. The third-order valence-corrected chi connectivity index (χ3v) is 4.98. The molecule has 2 aliphatic heterocycles. The number of anilines is 1. The number of rotatable bonds is 3. The van der Waals surface area contributed by atoms with Crippen molar-refractivity contribution >= 4 is 17.5 Å².